The van der Waals surface area contributed by atoms with Gasteiger partial charge in [0, 0.05) is 12.6 Å². The van der Waals surface area contributed by atoms with Crippen LogP contribution >= 0.6 is 0 Å². The van der Waals surface area contributed by atoms with Gasteiger partial charge in [-0.25, -0.2) is 13.8 Å². The first kappa shape index (κ1) is 14.1. The third kappa shape index (κ3) is 3.27. The van der Waals surface area contributed by atoms with Crippen molar-refractivity contribution in [2.75, 3.05) is 0 Å². The fraction of sp³-hybridized carbons (Fsp3) is 0.333. The molecule has 0 bridgehead atoms. The van der Waals surface area contributed by atoms with Crippen molar-refractivity contribution >= 4 is 0 Å². The normalized spacial score (nSPS) is 11.4. The van der Waals surface area contributed by atoms with Gasteiger partial charge >= 0.3 is 6.36 Å². The minimum absolute atomic E-state index is 0.494. The van der Waals surface area contributed by atoms with E-state index >= 15 is 0 Å². The second-order valence-corrected chi connectivity index (χ2v) is 3.03. The average molecular weight is 267 g/mol. The molecule has 0 saturated heterocycles. The molecule has 1 aromatic heterocycles. The Balaban J connectivity index is 3.32. The summed E-state index contributed by atoms with van der Waals surface area (Å²) >= 11 is 0. The quantitative estimate of drug-likeness (QED) is 0.852. The van der Waals surface area contributed by atoms with Crippen molar-refractivity contribution in [2.45, 2.75) is 19.3 Å². The predicted molar refractivity (Wildman–Crippen MR) is 48.5 cm³/mol. The summed E-state index contributed by atoms with van der Waals surface area (Å²) in [5, 5.41) is 8.62. The lowest BCUT2D eigenvalue weighted by Gasteiger charge is -2.12. The molecule has 1 heterocycles. The van der Waals surface area contributed by atoms with Crippen LogP contribution in [0.3, 0.4) is 0 Å². The Morgan fingerprint density at radius 3 is 2.44 bits per heavy atom. The van der Waals surface area contributed by atoms with E-state index in [2.05, 4.69) is 9.72 Å². The molecule has 1 aromatic rings. The molecule has 1 rings (SSSR count). The molecule has 0 spiro atoms. The van der Waals surface area contributed by atoms with Crippen LogP contribution in [0.25, 0.3) is 0 Å². The first-order valence-electron chi connectivity index (χ1n) is 4.46. The number of nitrogens with zero attached hydrogens (tertiary/aromatic N) is 2. The molecule has 0 atom stereocenters. The molecule has 0 radical (unpaired) electrons. The molecular formula is C9H6F5N3O. The van der Waals surface area contributed by atoms with Gasteiger partial charge in [0.2, 0.25) is 5.88 Å². The highest BCUT2D eigenvalue weighted by molar-refractivity contribution is 5.44. The fourth-order valence-electron chi connectivity index (χ4n) is 1.24. The van der Waals surface area contributed by atoms with E-state index < -0.39 is 42.0 Å². The lowest BCUT2D eigenvalue weighted by molar-refractivity contribution is -0.276. The zero-order valence-corrected chi connectivity index (χ0v) is 8.63. The van der Waals surface area contributed by atoms with Gasteiger partial charge in [-0.1, -0.05) is 0 Å². The number of pyridine rings is 1. The van der Waals surface area contributed by atoms with Crippen LogP contribution < -0.4 is 10.5 Å². The van der Waals surface area contributed by atoms with Crippen LogP contribution in [0, 0.1) is 11.3 Å². The second-order valence-electron chi connectivity index (χ2n) is 3.03. The Kier molecular flexibility index (Phi) is 4.03. The van der Waals surface area contributed by atoms with Crippen LogP contribution in [0.5, 0.6) is 5.88 Å². The van der Waals surface area contributed by atoms with Crippen LogP contribution in [-0.2, 0) is 6.54 Å². The van der Waals surface area contributed by atoms with Crippen molar-refractivity contribution < 1.29 is 26.7 Å². The zero-order valence-electron chi connectivity index (χ0n) is 8.63. The van der Waals surface area contributed by atoms with Crippen molar-refractivity contribution in [1.82, 2.24) is 4.98 Å². The Hall–Kier alpha value is -1.95. The maximum Gasteiger partial charge on any atom is 0.574 e. The molecule has 0 aliphatic heterocycles. The van der Waals surface area contributed by atoms with Gasteiger partial charge in [0.15, 0.2) is 0 Å². The highest BCUT2D eigenvalue weighted by Crippen LogP contribution is 2.30. The minimum Gasteiger partial charge on any atom is -0.388 e. The average Bonchev–Trinajstić information content (AvgIpc) is 2.24. The summed E-state index contributed by atoms with van der Waals surface area (Å²) < 4.78 is 64.5. The van der Waals surface area contributed by atoms with E-state index in [0.717, 1.165) is 0 Å². The summed E-state index contributed by atoms with van der Waals surface area (Å²) in [7, 11) is 0. The van der Waals surface area contributed by atoms with Gasteiger partial charge in [0.25, 0.3) is 6.43 Å². The first-order chi connectivity index (χ1) is 8.28. The van der Waals surface area contributed by atoms with E-state index in [1.807, 2.05) is 0 Å². The molecule has 4 nitrogen and oxygen atoms in total. The van der Waals surface area contributed by atoms with Crippen LogP contribution in [0.4, 0.5) is 22.0 Å². The van der Waals surface area contributed by atoms with Crippen molar-refractivity contribution in [1.29, 1.82) is 5.26 Å². The standard InChI is InChI=1S/C9H6F5N3O/c10-8(11)7-4(2-15)1-6(17-5(7)3-16)18-9(12,13)14/h1,8H,3,16H2. The summed E-state index contributed by atoms with van der Waals surface area (Å²) in [4.78, 5) is 3.21. The highest BCUT2D eigenvalue weighted by atomic mass is 19.4. The highest BCUT2D eigenvalue weighted by Gasteiger charge is 2.33. The molecule has 0 unspecified atom stereocenters. The molecule has 0 fully saturated rings. The molecule has 9 heteroatoms. The van der Waals surface area contributed by atoms with Gasteiger partial charge in [0.1, 0.15) is 0 Å². The molecular weight excluding hydrogens is 261 g/mol. The Morgan fingerprint density at radius 1 is 1.44 bits per heavy atom. The second kappa shape index (κ2) is 5.14. The summed E-state index contributed by atoms with van der Waals surface area (Å²) in [6.45, 7) is -0.538. The minimum atomic E-state index is -5.03. The topological polar surface area (TPSA) is 71.9 Å². The third-order valence-electron chi connectivity index (χ3n) is 1.87. The number of halogens is 5. The molecule has 0 aliphatic rings. The number of alkyl halides is 5. The number of nitrogens with two attached hydrogens (primary N) is 1. The molecule has 0 aromatic carbocycles. The fourth-order valence-corrected chi connectivity index (χ4v) is 1.24. The smallest absolute Gasteiger partial charge is 0.388 e. The van der Waals surface area contributed by atoms with E-state index in [1.165, 1.54) is 6.07 Å². The number of nitriles is 1. The van der Waals surface area contributed by atoms with Crippen LogP contribution in [-0.4, -0.2) is 11.3 Å². The van der Waals surface area contributed by atoms with Gasteiger partial charge in [-0.3, -0.25) is 0 Å². The predicted octanol–water partition coefficient (Wildman–Crippen LogP) is 2.25. The number of ether oxygens (including phenoxy) is 1. The lowest BCUT2D eigenvalue weighted by Crippen LogP contribution is -2.19. The van der Waals surface area contributed by atoms with E-state index in [1.54, 1.807) is 0 Å². The molecule has 18 heavy (non-hydrogen) atoms. The maximum atomic E-state index is 12.6. The van der Waals surface area contributed by atoms with Crippen LogP contribution in [0.2, 0.25) is 0 Å². The first-order valence-corrected chi connectivity index (χ1v) is 4.46. The van der Waals surface area contributed by atoms with Crippen molar-refractivity contribution in [2.24, 2.45) is 5.73 Å². The summed E-state index contributed by atoms with van der Waals surface area (Å²) in [5.74, 6) is -0.996. The number of rotatable bonds is 3. The molecule has 2 N–H and O–H groups in total. The Morgan fingerprint density at radius 2 is 2.06 bits per heavy atom. The third-order valence-corrected chi connectivity index (χ3v) is 1.87. The Bertz CT molecular complexity index is 480. The summed E-state index contributed by atoms with van der Waals surface area (Å²) in [5.41, 5.74) is 3.16. The van der Waals surface area contributed by atoms with Gasteiger partial charge in [0.05, 0.1) is 22.9 Å². The van der Waals surface area contributed by atoms with Crippen LogP contribution in [0.15, 0.2) is 6.07 Å². The number of hydrogen-bond acceptors (Lipinski definition) is 4. The SMILES string of the molecule is N#Cc1cc(OC(F)(F)F)nc(CN)c1C(F)F. The van der Waals surface area contributed by atoms with Crippen molar-refractivity contribution in [3.05, 3.63) is 22.9 Å². The van der Waals surface area contributed by atoms with E-state index in [-0.39, 0.29) is 0 Å². The molecule has 0 aliphatic carbocycles. The van der Waals surface area contributed by atoms with E-state index in [9.17, 15) is 22.0 Å². The molecule has 0 amide bonds. The van der Waals surface area contributed by atoms with Gasteiger partial charge in [-0.15, -0.1) is 13.2 Å². The zero-order chi connectivity index (χ0) is 13.9. The Labute approximate surface area is 97.8 Å². The molecule has 0 saturated carbocycles. The largest absolute Gasteiger partial charge is 0.574 e. The van der Waals surface area contributed by atoms with Gasteiger partial charge < -0.3 is 10.5 Å². The van der Waals surface area contributed by atoms with E-state index in [4.69, 9.17) is 11.0 Å². The van der Waals surface area contributed by atoms with Crippen molar-refractivity contribution in [3.63, 3.8) is 0 Å². The monoisotopic (exact) mass is 267 g/mol. The van der Waals surface area contributed by atoms with Crippen molar-refractivity contribution in [3.8, 4) is 11.9 Å². The number of hydrogen-bond donors (Lipinski definition) is 1. The summed E-state index contributed by atoms with van der Waals surface area (Å²) in [6, 6.07) is 1.85. The van der Waals surface area contributed by atoms with Crippen LogP contribution in [0.1, 0.15) is 23.2 Å². The number of aromatic nitrogens is 1. The maximum absolute atomic E-state index is 12.6. The van der Waals surface area contributed by atoms with E-state index in [0.29, 0.717) is 6.07 Å². The lowest BCUT2D eigenvalue weighted by atomic mass is 10.1. The van der Waals surface area contributed by atoms with Gasteiger partial charge in [-0.2, -0.15) is 5.26 Å². The van der Waals surface area contributed by atoms with Gasteiger partial charge in [-0.05, 0) is 0 Å². The summed E-state index contributed by atoms with van der Waals surface area (Å²) in [6.07, 6.45) is -8.09. The molecule has 98 valence electrons.